The van der Waals surface area contributed by atoms with Gasteiger partial charge in [-0.25, -0.2) is 4.98 Å². The first-order valence-corrected chi connectivity index (χ1v) is 13.9. The van der Waals surface area contributed by atoms with Crippen molar-refractivity contribution in [1.29, 1.82) is 0 Å². The number of aromatic hydroxyl groups is 1. The summed E-state index contributed by atoms with van der Waals surface area (Å²) in [5, 5.41) is 20.6. The Labute approximate surface area is 204 Å². The number of hydrogen-bond donors (Lipinski definition) is 1. The molecule has 5 nitrogen and oxygen atoms in total. The molecule has 33 heavy (non-hydrogen) atoms. The fraction of sp³-hybridized carbons (Fsp3) is 0.667. The van der Waals surface area contributed by atoms with Crippen LogP contribution in [-0.4, -0.2) is 16.7 Å². The summed E-state index contributed by atoms with van der Waals surface area (Å²) < 4.78 is 5.77. The van der Waals surface area contributed by atoms with E-state index in [-0.39, 0.29) is 5.75 Å². The molecule has 1 N–H and O–H groups in total. The lowest BCUT2D eigenvalue weighted by Crippen LogP contribution is -1.97. The van der Waals surface area contributed by atoms with Crippen LogP contribution in [0.25, 0.3) is 0 Å². The lowest BCUT2D eigenvalue weighted by molar-refractivity contribution is 0.302. The molecule has 1 aromatic carbocycles. The van der Waals surface area contributed by atoms with E-state index in [0.29, 0.717) is 23.2 Å². The monoisotopic (exact) mass is 473 g/mol. The number of unbranched alkanes of at least 4 members (excludes halogenated alkanes) is 15. The first kappa shape index (κ1) is 27.3. The molecule has 0 atom stereocenters. The number of thiazole rings is 1. The van der Waals surface area contributed by atoms with Crippen LogP contribution in [0.4, 0.5) is 10.8 Å². The van der Waals surface area contributed by atoms with E-state index >= 15 is 0 Å². The van der Waals surface area contributed by atoms with E-state index in [1.165, 1.54) is 108 Å². The predicted octanol–water partition coefficient (Wildman–Crippen LogP) is 9.90. The van der Waals surface area contributed by atoms with Gasteiger partial charge in [0.15, 0.2) is 0 Å². The van der Waals surface area contributed by atoms with E-state index in [1.807, 2.05) is 11.4 Å². The number of hydrogen-bond acceptors (Lipinski definition) is 6. The number of phenols is 1. The zero-order chi connectivity index (χ0) is 23.4. The van der Waals surface area contributed by atoms with Crippen LogP contribution < -0.4 is 4.74 Å². The number of benzene rings is 1. The van der Waals surface area contributed by atoms with Gasteiger partial charge in [-0.3, -0.25) is 0 Å². The Morgan fingerprint density at radius 1 is 0.788 bits per heavy atom. The Kier molecular flexibility index (Phi) is 15.3. The molecule has 1 aromatic heterocycles. The molecule has 0 amide bonds. The van der Waals surface area contributed by atoms with Crippen LogP contribution in [0.1, 0.15) is 110 Å². The molecule has 2 aromatic rings. The van der Waals surface area contributed by atoms with E-state index < -0.39 is 0 Å². The van der Waals surface area contributed by atoms with Crippen LogP contribution in [-0.2, 0) is 0 Å². The van der Waals surface area contributed by atoms with Crippen molar-refractivity contribution in [2.75, 3.05) is 6.61 Å². The molecule has 6 heteroatoms. The third-order valence-electron chi connectivity index (χ3n) is 5.88. The zero-order valence-corrected chi connectivity index (χ0v) is 21.3. The van der Waals surface area contributed by atoms with Gasteiger partial charge in [0, 0.05) is 17.6 Å². The molecule has 0 saturated heterocycles. The van der Waals surface area contributed by atoms with Gasteiger partial charge in [-0.2, -0.15) is 0 Å². The number of aromatic nitrogens is 1. The Hall–Kier alpha value is -1.95. The number of rotatable bonds is 20. The van der Waals surface area contributed by atoms with E-state index in [4.69, 9.17) is 4.74 Å². The second-order valence-electron chi connectivity index (χ2n) is 8.82. The van der Waals surface area contributed by atoms with Crippen molar-refractivity contribution in [3.8, 4) is 11.5 Å². The quantitative estimate of drug-likeness (QED) is 0.154. The summed E-state index contributed by atoms with van der Waals surface area (Å²) in [5.74, 6) is 0.737. The molecule has 0 aliphatic rings. The van der Waals surface area contributed by atoms with E-state index in [0.717, 1.165) is 6.42 Å². The summed E-state index contributed by atoms with van der Waals surface area (Å²) in [6.45, 7) is 2.96. The van der Waals surface area contributed by atoms with Crippen molar-refractivity contribution < 1.29 is 9.84 Å². The van der Waals surface area contributed by atoms with E-state index in [1.54, 1.807) is 18.3 Å². The molecular formula is C27H43N3O2S. The molecule has 0 saturated carbocycles. The molecule has 184 valence electrons. The molecule has 0 fully saturated rings. The molecule has 0 aliphatic heterocycles. The Morgan fingerprint density at radius 2 is 1.36 bits per heavy atom. The molecule has 0 unspecified atom stereocenters. The Balaban J connectivity index is 1.39. The van der Waals surface area contributed by atoms with Gasteiger partial charge in [-0.05, 0) is 18.6 Å². The van der Waals surface area contributed by atoms with Crippen LogP contribution in [0.2, 0.25) is 0 Å². The lowest BCUT2D eigenvalue weighted by atomic mass is 10.0. The molecule has 1 heterocycles. The molecule has 2 rings (SSSR count). The summed E-state index contributed by atoms with van der Waals surface area (Å²) in [7, 11) is 0. The van der Waals surface area contributed by atoms with Crippen molar-refractivity contribution in [3.05, 3.63) is 29.8 Å². The van der Waals surface area contributed by atoms with E-state index in [2.05, 4.69) is 22.1 Å². The van der Waals surface area contributed by atoms with E-state index in [9.17, 15) is 5.11 Å². The highest BCUT2D eigenvalue weighted by Crippen LogP contribution is 2.32. The molecule has 0 spiro atoms. The summed E-state index contributed by atoms with van der Waals surface area (Å²) in [4.78, 5) is 4.04. The van der Waals surface area contributed by atoms with Crippen LogP contribution in [0.3, 0.4) is 0 Å². The van der Waals surface area contributed by atoms with Crippen molar-refractivity contribution in [2.45, 2.75) is 110 Å². The minimum absolute atomic E-state index is 0.0692. The highest BCUT2D eigenvalue weighted by Gasteiger charge is 2.03. The van der Waals surface area contributed by atoms with Gasteiger partial charge in [0.1, 0.15) is 17.2 Å². The normalized spacial score (nSPS) is 11.4. The van der Waals surface area contributed by atoms with Crippen LogP contribution in [0.15, 0.2) is 40.0 Å². The third-order valence-corrected chi connectivity index (χ3v) is 6.53. The average Bonchev–Trinajstić information content (AvgIpc) is 3.34. The smallest absolute Gasteiger partial charge is 0.229 e. The SMILES string of the molecule is CCCCCCCCCCCCCCCCCCOc1ccc(N=Nc2nccs2)c(O)c1. The summed E-state index contributed by atoms with van der Waals surface area (Å²) in [6.07, 6.45) is 23.5. The number of nitrogens with zero attached hydrogens (tertiary/aromatic N) is 3. The van der Waals surface area contributed by atoms with Crippen LogP contribution in [0.5, 0.6) is 11.5 Å². The van der Waals surface area contributed by atoms with Crippen LogP contribution in [0, 0.1) is 0 Å². The molecular weight excluding hydrogens is 430 g/mol. The van der Waals surface area contributed by atoms with Crippen molar-refractivity contribution >= 4 is 22.2 Å². The first-order chi connectivity index (χ1) is 16.3. The topological polar surface area (TPSA) is 67.1 Å². The van der Waals surface area contributed by atoms with Gasteiger partial charge in [0.05, 0.1) is 6.61 Å². The fourth-order valence-electron chi connectivity index (χ4n) is 3.88. The largest absolute Gasteiger partial charge is 0.505 e. The number of azo groups is 1. The average molecular weight is 474 g/mol. The Bertz CT molecular complexity index is 750. The maximum Gasteiger partial charge on any atom is 0.229 e. The van der Waals surface area contributed by atoms with Gasteiger partial charge >= 0.3 is 0 Å². The van der Waals surface area contributed by atoms with Gasteiger partial charge < -0.3 is 9.84 Å². The fourth-order valence-corrected chi connectivity index (χ4v) is 4.33. The highest BCUT2D eigenvalue weighted by molar-refractivity contribution is 7.13. The van der Waals surface area contributed by atoms with Gasteiger partial charge in [0.25, 0.3) is 0 Å². The minimum Gasteiger partial charge on any atom is -0.505 e. The molecule has 0 bridgehead atoms. The summed E-state index contributed by atoms with van der Waals surface area (Å²) in [5.41, 5.74) is 0.417. The van der Waals surface area contributed by atoms with Crippen molar-refractivity contribution in [2.24, 2.45) is 10.2 Å². The lowest BCUT2D eigenvalue weighted by Gasteiger charge is -2.07. The van der Waals surface area contributed by atoms with Gasteiger partial charge in [0.2, 0.25) is 5.13 Å². The second kappa shape index (κ2) is 18.5. The third kappa shape index (κ3) is 13.4. The van der Waals surface area contributed by atoms with Crippen molar-refractivity contribution in [3.63, 3.8) is 0 Å². The number of ether oxygens (including phenoxy) is 1. The highest BCUT2D eigenvalue weighted by atomic mass is 32.1. The minimum atomic E-state index is 0.0692. The van der Waals surface area contributed by atoms with Crippen molar-refractivity contribution in [1.82, 2.24) is 4.98 Å². The first-order valence-electron chi connectivity index (χ1n) is 13.1. The van der Waals surface area contributed by atoms with Gasteiger partial charge in [-0.15, -0.1) is 21.6 Å². The summed E-state index contributed by atoms with van der Waals surface area (Å²) >= 11 is 1.40. The number of phenolic OH excluding ortho intramolecular Hbond substituents is 1. The maximum absolute atomic E-state index is 10.1. The van der Waals surface area contributed by atoms with Crippen LogP contribution >= 0.6 is 11.3 Å². The standard InChI is InChI=1S/C27H43N3O2S/c1-2-3-4-5-6-7-8-9-10-11-12-13-14-15-16-17-21-32-24-18-19-25(26(31)23-24)29-30-27-28-20-22-33-27/h18-20,22-23,31H,2-17,21H2,1H3. The van der Waals surface area contributed by atoms with Gasteiger partial charge in [-0.1, -0.05) is 103 Å². The second-order valence-corrected chi connectivity index (χ2v) is 9.69. The predicted molar refractivity (Wildman–Crippen MR) is 139 cm³/mol. The molecule has 0 radical (unpaired) electrons. The zero-order valence-electron chi connectivity index (χ0n) is 20.5. The molecule has 0 aliphatic carbocycles. The maximum atomic E-state index is 10.1. The Morgan fingerprint density at radius 3 is 1.88 bits per heavy atom. The summed E-state index contributed by atoms with van der Waals surface area (Å²) in [6, 6.07) is 5.14.